The number of thioether (sulfide) groups is 1. The van der Waals surface area contributed by atoms with Crippen molar-refractivity contribution >= 4 is 29.3 Å². The highest BCUT2D eigenvalue weighted by molar-refractivity contribution is 8.00. The van der Waals surface area contributed by atoms with Crippen molar-refractivity contribution < 1.29 is 9.59 Å². The number of rotatable bonds is 3. The average molecular weight is 333 g/mol. The van der Waals surface area contributed by atoms with E-state index in [4.69, 9.17) is 0 Å². The molecular weight excluding hydrogens is 310 g/mol. The van der Waals surface area contributed by atoms with E-state index < -0.39 is 0 Å². The molecule has 1 aromatic carbocycles. The monoisotopic (exact) mass is 333 g/mol. The molecule has 1 atom stereocenters. The lowest BCUT2D eigenvalue weighted by Crippen LogP contribution is -2.49. The predicted octanol–water partition coefficient (Wildman–Crippen LogP) is 2.32. The van der Waals surface area contributed by atoms with E-state index in [1.54, 1.807) is 0 Å². The maximum absolute atomic E-state index is 12.2. The van der Waals surface area contributed by atoms with Gasteiger partial charge in [0.05, 0.1) is 12.2 Å². The number of hydrogen-bond acceptors (Lipinski definition) is 4. The number of anilines is 1. The molecule has 5 nitrogen and oxygen atoms in total. The molecule has 2 amide bonds. The summed E-state index contributed by atoms with van der Waals surface area (Å²) in [5, 5.41) is 0.530. The molecule has 1 aliphatic heterocycles. The summed E-state index contributed by atoms with van der Waals surface area (Å²) in [6.45, 7) is 3.31. The van der Waals surface area contributed by atoms with Crippen molar-refractivity contribution in [3.05, 3.63) is 24.3 Å². The van der Waals surface area contributed by atoms with Crippen molar-refractivity contribution in [2.45, 2.75) is 42.8 Å². The van der Waals surface area contributed by atoms with E-state index in [9.17, 15) is 9.59 Å². The maximum Gasteiger partial charge on any atom is 0.257 e. The van der Waals surface area contributed by atoms with E-state index in [0.29, 0.717) is 5.25 Å². The van der Waals surface area contributed by atoms with Crippen LogP contribution in [0.1, 0.15) is 32.6 Å². The van der Waals surface area contributed by atoms with E-state index in [-0.39, 0.29) is 24.3 Å². The van der Waals surface area contributed by atoms with Crippen LogP contribution in [0.3, 0.4) is 0 Å². The van der Waals surface area contributed by atoms with E-state index >= 15 is 0 Å². The first-order chi connectivity index (χ1) is 11.1. The number of amides is 2. The average Bonchev–Trinajstić information content (AvgIpc) is 2.63. The molecular formula is C17H23N3O2S. The number of carbonyl (C=O) groups is 2. The van der Waals surface area contributed by atoms with Crippen molar-refractivity contribution in [1.29, 1.82) is 0 Å². The van der Waals surface area contributed by atoms with Crippen LogP contribution in [-0.2, 0) is 9.59 Å². The Balaban J connectivity index is 1.58. The second kappa shape index (κ2) is 7.25. The number of carbonyl (C=O) groups excluding carboxylic acids is 2. The van der Waals surface area contributed by atoms with Gasteiger partial charge < -0.3 is 4.90 Å². The van der Waals surface area contributed by atoms with Crippen LogP contribution in [0.5, 0.6) is 0 Å². The minimum absolute atomic E-state index is 0.0648. The van der Waals surface area contributed by atoms with Gasteiger partial charge in [-0.15, -0.1) is 11.8 Å². The van der Waals surface area contributed by atoms with Gasteiger partial charge in [0.25, 0.3) is 5.91 Å². The topological polar surface area (TPSA) is 61.4 Å². The number of benzene rings is 1. The summed E-state index contributed by atoms with van der Waals surface area (Å²) >= 11 is 1.85. The van der Waals surface area contributed by atoms with E-state index in [0.717, 1.165) is 37.9 Å². The zero-order valence-electron chi connectivity index (χ0n) is 13.4. The van der Waals surface area contributed by atoms with Crippen molar-refractivity contribution in [3.8, 4) is 0 Å². The first kappa shape index (κ1) is 16.2. The highest BCUT2D eigenvalue weighted by Gasteiger charge is 2.26. The van der Waals surface area contributed by atoms with Crippen LogP contribution < -0.4 is 15.8 Å². The number of nitrogens with zero attached hydrogens (tertiary/aromatic N) is 1. The summed E-state index contributed by atoms with van der Waals surface area (Å²) in [5.41, 5.74) is 6.21. The third-order valence-corrected chi connectivity index (χ3v) is 5.71. The Morgan fingerprint density at radius 2 is 2.00 bits per heavy atom. The lowest BCUT2D eigenvalue weighted by Gasteiger charge is -2.26. The molecule has 2 aliphatic rings. The summed E-state index contributed by atoms with van der Waals surface area (Å²) in [5.74, 6) is -0.163. The Morgan fingerprint density at radius 3 is 2.74 bits per heavy atom. The predicted molar refractivity (Wildman–Crippen MR) is 92.2 cm³/mol. The summed E-state index contributed by atoms with van der Waals surface area (Å²) in [6.07, 6.45) is 3.99. The number of fused-ring (bicyclic) bond motifs is 1. The molecule has 124 valence electrons. The normalized spacial score (nSPS) is 20.9. The third-order valence-electron chi connectivity index (χ3n) is 4.48. The first-order valence-corrected chi connectivity index (χ1v) is 9.11. The fourth-order valence-electron chi connectivity index (χ4n) is 2.83. The molecule has 23 heavy (non-hydrogen) atoms. The number of hydrazine groups is 1. The summed E-state index contributed by atoms with van der Waals surface area (Å²) < 4.78 is 0. The molecule has 0 spiro atoms. The largest absolute Gasteiger partial charge is 0.361 e. The Labute approximate surface area is 141 Å². The molecule has 1 aliphatic carbocycles. The van der Waals surface area contributed by atoms with Gasteiger partial charge >= 0.3 is 0 Å². The van der Waals surface area contributed by atoms with Gasteiger partial charge in [0.2, 0.25) is 5.91 Å². The highest BCUT2D eigenvalue weighted by Crippen LogP contribution is 2.36. The minimum Gasteiger partial charge on any atom is -0.361 e. The molecule has 0 aromatic heterocycles. The summed E-state index contributed by atoms with van der Waals surface area (Å²) in [6, 6.07) is 8.19. The SMILES string of the molecule is C[C@@H]1CCN(CC(=O)NNC(=O)C2CCC2)c2ccccc2S1. The molecule has 0 saturated heterocycles. The molecule has 1 heterocycles. The Bertz CT molecular complexity index is 589. The third kappa shape index (κ3) is 3.99. The zero-order valence-corrected chi connectivity index (χ0v) is 14.2. The van der Waals surface area contributed by atoms with Gasteiger partial charge in [-0.05, 0) is 31.4 Å². The van der Waals surface area contributed by atoms with Gasteiger partial charge in [0.15, 0.2) is 0 Å². The van der Waals surface area contributed by atoms with Gasteiger partial charge in [0, 0.05) is 22.6 Å². The van der Waals surface area contributed by atoms with Gasteiger partial charge in [-0.1, -0.05) is 25.5 Å². The zero-order chi connectivity index (χ0) is 16.2. The van der Waals surface area contributed by atoms with Gasteiger partial charge in [-0.2, -0.15) is 0 Å². The summed E-state index contributed by atoms with van der Waals surface area (Å²) in [4.78, 5) is 27.3. The lowest BCUT2D eigenvalue weighted by molar-refractivity contribution is -0.132. The number of nitrogens with one attached hydrogen (secondary N) is 2. The molecule has 1 aromatic rings. The maximum atomic E-state index is 12.2. The van der Waals surface area contributed by atoms with E-state index in [2.05, 4.69) is 34.8 Å². The molecule has 0 bridgehead atoms. The van der Waals surface area contributed by atoms with Gasteiger partial charge in [-0.3, -0.25) is 20.4 Å². The molecule has 6 heteroatoms. The quantitative estimate of drug-likeness (QED) is 0.834. The van der Waals surface area contributed by atoms with E-state index in [1.165, 1.54) is 4.90 Å². The van der Waals surface area contributed by atoms with Crippen molar-refractivity contribution in [2.75, 3.05) is 18.0 Å². The molecule has 0 unspecified atom stereocenters. The fraction of sp³-hybridized carbons (Fsp3) is 0.529. The molecule has 2 N–H and O–H groups in total. The molecule has 1 saturated carbocycles. The molecule has 1 fully saturated rings. The first-order valence-electron chi connectivity index (χ1n) is 8.23. The van der Waals surface area contributed by atoms with Crippen LogP contribution in [0.25, 0.3) is 0 Å². The highest BCUT2D eigenvalue weighted by atomic mass is 32.2. The van der Waals surface area contributed by atoms with Crippen molar-refractivity contribution in [3.63, 3.8) is 0 Å². The van der Waals surface area contributed by atoms with Crippen LogP contribution in [0, 0.1) is 5.92 Å². The van der Waals surface area contributed by atoms with Gasteiger partial charge in [-0.25, -0.2) is 0 Å². The van der Waals surface area contributed by atoms with Crippen LogP contribution in [0.15, 0.2) is 29.2 Å². The molecule has 3 rings (SSSR count). The Morgan fingerprint density at radius 1 is 1.22 bits per heavy atom. The number of para-hydroxylation sites is 1. The standard InChI is InChI=1S/C17H23N3O2S/c1-12-9-10-20(14-7-2-3-8-15(14)23-12)11-16(21)18-19-17(22)13-5-4-6-13/h2-3,7-8,12-13H,4-6,9-11H2,1H3,(H,18,21)(H,19,22)/t12-/m1/s1. The molecule has 0 radical (unpaired) electrons. The smallest absolute Gasteiger partial charge is 0.257 e. The minimum atomic E-state index is -0.174. The Kier molecular flexibility index (Phi) is 5.10. The fourth-order valence-corrected chi connectivity index (χ4v) is 3.96. The van der Waals surface area contributed by atoms with Gasteiger partial charge in [0.1, 0.15) is 0 Å². The van der Waals surface area contributed by atoms with Crippen molar-refractivity contribution in [2.24, 2.45) is 5.92 Å². The lowest BCUT2D eigenvalue weighted by atomic mass is 9.85. The van der Waals surface area contributed by atoms with Crippen LogP contribution >= 0.6 is 11.8 Å². The van der Waals surface area contributed by atoms with Crippen LogP contribution in [-0.4, -0.2) is 30.2 Å². The van der Waals surface area contributed by atoms with Crippen molar-refractivity contribution in [1.82, 2.24) is 10.9 Å². The summed E-state index contributed by atoms with van der Waals surface area (Å²) in [7, 11) is 0. The van der Waals surface area contributed by atoms with Crippen LogP contribution in [0.2, 0.25) is 0 Å². The Hall–Kier alpha value is -1.69. The number of hydrogen-bond donors (Lipinski definition) is 2. The van der Waals surface area contributed by atoms with Crippen LogP contribution in [0.4, 0.5) is 5.69 Å². The second-order valence-electron chi connectivity index (χ2n) is 6.27. The second-order valence-corrected chi connectivity index (χ2v) is 7.75. The van der Waals surface area contributed by atoms with E-state index in [1.807, 2.05) is 23.9 Å².